The lowest BCUT2D eigenvalue weighted by Crippen LogP contribution is -2.25. The van der Waals surface area contributed by atoms with E-state index in [2.05, 4.69) is 15.3 Å². The lowest BCUT2D eigenvalue weighted by atomic mass is 10.00. The number of aryl methyl sites for hydroxylation is 1. The Morgan fingerprint density at radius 2 is 1.93 bits per heavy atom. The molecule has 2 aromatic heterocycles. The lowest BCUT2D eigenvalue weighted by Gasteiger charge is -2.14. The second kappa shape index (κ2) is 8.71. The van der Waals surface area contributed by atoms with Crippen LogP contribution < -0.4 is 5.32 Å². The number of benzene rings is 1. The Bertz CT molecular complexity index is 1030. The molecule has 0 fully saturated rings. The number of nitrogens with one attached hydrogen (secondary N) is 2. The van der Waals surface area contributed by atoms with Gasteiger partial charge in [0.2, 0.25) is 0 Å². The highest BCUT2D eigenvalue weighted by molar-refractivity contribution is 6.29. The van der Waals surface area contributed by atoms with Crippen molar-refractivity contribution in [1.82, 2.24) is 20.2 Å². The highest BCUT2D eigenvalue weighted by atomic mass is 35.5. The van der Waals surface area contributed by atoms with E-state index in [9.17, 15) is 13.6 Å². The normalized spacial score (nSPS) is 11.1. The van der Waals surface area contributed by atoms with E-state index in [1.807, 2.05) is 19.0 Å². The summed E-state index contributed by atoms with van der Waals surface area (Å²) in [5, 5.41) is 2.99. The van der Waals surface area contributed by atoms with Crippen LogP contribution in [0.4, 0.5) is 8.78 Å². The van der Waals surface area contributed by atoms with Crippen LogP contribution in [0.3, 0.4) is 0 Å². The topological polar surface area (TPSA) is 61.0 Å². The third-order valence-electron chi connectivity index (χ3n) is 4.45. The maximum atomic E-state index is 14.5. The van der Waals surface area contributed by atoms with Crippen LogP contribution in [-0.2, 0) is 13.1 Å². The van der Waals surface area contributed by atoms with Crippen molar-refractivity contribution in [1.29, 1.82) is 0 Å². The largest absolute Gasteiger partial charge is 0.354 e. The molecule has 1 aromatic carbocycles. The van der Waals surface area contributed by atoms with E-state index in [0.717, 1.165) is 11.8 Å². The molecule has 0 atom stereocenters. The van der Waals surface area contributed by atoms with Crippen molar-refractivity contribution in [2.24, 2.45) is 0 Å². The summed E-state index contributed by atoms with van der Waals surface area (Å²) in [4.78, 5) is 21.6. The SMILES string of the molecule is Cc1[nH]c(C(=O)NCc2ccc(F)cc2)c(CN(C)C)c1-c1cc(Cl)ncc1F. The van der Waals surface area contributed by atoms with Gasteiger partial charge in [0.05, 0.1) is 6.20 Å². The van der Waals surface area contributed by atoms with E-state index >= 15 is 0 Å². The number of carbonyl (C=O) groups is 1. The van der Waals surface area contributed by atoms with Gasteiger partial charge >= 0.3 is 0 Å². The molecule has 152 valence electrons. The molecule has 3 aromatic rings. The van der Waals surface area contributed by atoms with Gasteiger partial charge in [-0.15, -0.1) is 0 Å². The highest BCUT2D eigenvalue weighted by Gasteiger charge is 2.24. The van der Waals surface area contributed by atoms with Gasteiger partial charge in [-0.3, -0.25) is 4.79 Å². The average molecular weight is 419 g/mol. The Hall–Kier alpha value is -2.77. The van der Waals surface area contributed by atoms with Crippen molar-refractivity contribution in [3.63, 3.8) is 0 Å². The Morgan fingerprint density at radius 1 is 1.24 bits per heavy atom. The summed E-state index contributed by atoms with van der Waals surface area (Å²) in [6.07, 6.45) is 1.07. The fourth-order valence-electron chi connectivity index (χ4n) is 3.19. The third kappa shape index (κ3) is 4.81. The molecule has 5 nitrogen and oxygen atoms in total. The number of hydrogen-bond acceptors (Lipinski definition) is 3. The molecule has 0 aliphatic rings. The minimum absolute atomic E-state index is 0.167. The van der Waals surface area contributed by atoms with E-state index < -0.39 is 5.82 Å². The van der Waals surface area contributed by atoms with Crippen molar-refractivity contribution >= 4 is 17.5 Å². The van der Waals surface area contributed by atoms with Crippen LogP contribution in [0.15, 0.2) is 36.5 Å². The highest BCUT2D eigenvalue weighted by Crippen LogP contribution is 2.33. The molecule has 8 heteroatoms. The molecule has 0 saturated heterocycles. The van der Waals surface area contributed by atoms with E-state index in [1.165, 1.54) is 18.2 Å². The van der Waals surface area contributed by atoms with E-state index in [0.29, 0.717) is 29.1 Å². The number of H-pyrrole nitrogens is 1. The first-order chi connectivity index (χ1) is 13.8. The molecule has 0 bridgehead atoms. The van der Waals surface area contributed by atoms with Crippen LogP contribution in [0, 0.1) is 18.6 Å². The van der Waals surface area contributed by atoms with Crippen LogP contribution in [0.1, 0.15) is 27.3 Å². The molecule has 2 N–H and O–H groups in total. The number of pyridine rings is 1. The van der Waals surface area contributed by atoms with Crippen LogP contribution in [0.5, 0.6) is 0 Å². The molecular weight excluding hydrogens is 398 g/mol. The van der Waals surface area contributed by atoms with Gasteiger partial charge < -0.3 is 15.2 Å². The number of carbonyl (C=O) groups excluding carboxylic acids is 1. The van der Waals surface area contributed by atoms with E-state index in [-0.39, 0.29) is 29.0 Å². The molecule has 0 saturated carbocycles. The summed E-state index contributed by atoms with van der Waals surface area (Å²) >= 11 is 5.97. The molecule has 0 aliphatic carbocycles. The monoisotopic (exact) mass is 418 g/mol. The Labute approximate surface area is 172 Å². The first-order valence-corrected chi connectivity index (χ1v) is 9.34. The molecule has 29 heavy (non-hydrogen) atoms. The fraction of sp³-hybridized carbons (Fsp3) is 0.238. The summed E-state index contributed by atoms with van der Waals surface area (Å²) in [7, 11) is 3.73. The van der Waals surface area contributed by atoms with Crippen molar-refractivity contribution in [3.8, 4) is 11.1 Å². The number of halogens is 3. The summed E-state index contributed by atoms with van der Waals surface area (Å²) in [6, 6.07) is 7.34. The lowest BCUT2D eigenvalue weighted by molar-refractivity contribution is 0.0945. The first kappa shape index (κ1) is 21.0. The molecule has 1 amide bonds. The van der Waals surface area contributed by atoms with Gasteiger partial charge in [-0.1, -0.05) is 23.7 Å². The summed E-state index contributed by atoms with van der Waals surface area (Å²) < 4.78 is 27.5. The van der Waals surface area contributed by atoms with Gasteiger partial charge in [-0.05, 0) is 44.8 Å². The third-order valence-corrected chi connectivity index (χ3v) is 4.66. The smallest absolute Gasteiger partial charge is 0.268 e. The maximum Gasteiger partial charge on any atom is 0.268 e. The molecule has 2 heterocycles. The van der Waals surface area contributed by atoms with Gasteiger partial charge in [0.25, 0.3) is 5.91 Å². The second-order valence-corrected chi connectivity index (χ2v) is 7.40. The minimum Gasteiger partial charge on any atom is -0.354 e. The quantitative estimate of drug-likeness (QED) is 0.586. The van der Waals surface area contributed by atoms with E-state index in [4.69, 9.17) is 11.6 Å². The standard InChI is InChI=1S/C21H21ClF2N4O/c1-12-19(15-8-18(22)25-10-17(15)24)16(11-28(2)3)20(27-12)21(29)26-9-13-4-6-14(23)7-5-13/h4-8,10,27H,9,11H2,1-3H3,(H,26,29). The van der Waals surface area contributed by atoms with Crippen LogP contribution in [0.25, 0.3) is 11.1 Å². The zero-order chi connectivity index (χ0) is 21.1. The predicted molar refractivity (Wildman–Crippen MR) is 109 cm³/mol. The minimum atomic E-state index is -0.519. The second-order valence-electron chi connectivity index (χ2n) is 7.01. The van der Waals surface area contributed by atoms with Gasteiger partial charge in [0.1, 0.15) is 22.5 Å². The van der Waals surface area contributed by atoms with Gasteiger partial charge in [-0.25, -0.2) is 13.8 Å². The zero-order valence-corrected chi connectivity index (χ0v) is 17.1. The Balaban J connectivity index is 1.97. The average Bonchev–Trinajstić information content (AvgIpc) is 2.98. The summed E-state index contributed by atoms with van der Waals surface area (Å²) in [5.41, 5.74) is 3.30. The molecule has 0 unspecified atom stereocenters. The van der Waals surface area contributed by atoms with Crippen molar-refractivity contribution in [2.45, 2.75) is 20.0 Å². The van der Waals surface area contributed by atoms with Crippen LogP contribution >= 0.6 is 11.6 Å². The van der Waals surface area contributed by atoms with Crippen LogP contribution in [0.2, 0.25) is 5.15 Å². The molecule has 0 aliphatic heterocycles. The molecule has 3 rings (SSSR count). The molecule has 0 radical (unpaired) electrons. The number of amides is 1. The number of rotatable bonds is 6. The van der Waals surface area contributed by atoms with Crippen LogP contribution in [-0.4, -0.2) is 34.9 Å². The fourth-order valence-corrected chi connectivity index (χ4v) is 3.35. The molecular formula is C21H21ClF2N4O. The summed E-state index contributed by atoms with van der Waals surface area (Å²) in [5.74, 6) is -1.19. The number of hydrogen-bond donors (Lipinski definition) is 2. The van der Waals surface area contributed by atoms with Gasteiger partial charge in [-0.2, -0.15) is 0 Å². The summed E-state index contributed by atoms with van der Waals surface area (Å²) in [6.45, 7) is 2.43. The first-order valence-electron chi connectivity index (χ1n) is 8.96. The Kier molecular flexibility index (Phi) is 6.30. The van der Waals surface area contributed by atoms with Crippen molar-refractivity contribution in [2.75, 3.05) is 14.1 Å². The predicted octanol–water partition coefficient (Wildman–Crippen LogP) is 4.31. The molecule has 0 spiro atoms. The van der Waals surface area contributed by atoms with E-state index in [1.54, 1.807) is 19.1 Å². The Morgan fingerprint density at radius 3 is 2.59 bits per heavy atom. The van der Waals surface area contributed by atoms with Crippen molar-refractivity contribution in [3.05, 3.63) is 75.8 Å². The van der Waals surface area contributed by atoms with Gasteiger partial charge in [0, 0.05) is 35.5 Å². The number of aromatic nitrogens is 2. The maximum absolute atomic E-state index is 14.5. The zero-order valence-electron chi connectivity index (χ0n) is 16.3. The number of aromatic amines is 1. The number of nitrogens with zero attached hydrogens (tertiary/aromatic N) is 2. The van der Waals surface area contributed by atoms with Crippen molar-refractivity contribution < 1.29 is 13.6 Å². The van der Waals surface area contributed by atoms with Gasteiger partial charge in [0.15, 0.2) is 0 Å².